The van der Waals surface area contributed by atoms with Crippen molar-refractivity contribution >= 4 is 47.5 Å². The van der Waals surface area contributed by atoms with E-state index in [0.717, 1.165) is 41.5 Å². The Kier molecular flexibility index (Phi) is 7.39. The van der Waals surface area contributed by atoms with Crippen LogP contribution in [-0.4, -0.2) is 49.8 Å². The number of rotatable bonds is 9. The maximum atomic E-state index is 11.7. The second-order valence-electron chi connectivity index (χ2n) is 11.8. The van der Waals surface area contributed by atoms with Crippen LogP contribution >= 0.6 is 11.6 Å². The summed E-state index contributed by atoms with van der Waals surface area (Å²) < 4.78 is 16.2. The number of nitrogens with zero attached hydrogens (tertiary/aromatic N) is 6. The highest BCUT2D eigenvalue weighted by molar-refractivity contribution is 6.76. The van der Waals surface area contributed by atoms with E-state index in [0.29, 0.717) is 52.8 Å². The molecule has 0 aliphatic heterocycles. The summed E-state index contributed by atoms with van der Waals surface area (Å²) in [6, 6.07) is 10.7. The van der Waals surface area contributed by atoms with E-state index in [1.54, 1.807) is 18.5 Å². The largest absolute Gasteiger partial charge is 0.456 e. The molecule has 0 spiro atoms. The third-order valence-electron chi connectivity index (χ3n) is 7.46. The summed E-state index contributed by atoms with van der Waals surface area (Å²) in [5, 5.41) is 4.86. The fourth-order valence-electron chi connectivity index (χ4n) is 5.05. The van der Waals surface area contributed by atoms with Gasteiger partial charge < -0.3 is 14.0 Å². The molecule has 11 heteroatoms. The number of aryl methyl sites for hydroxylation is 1. The Labute approximate surface area is 244 Å². The zero-order valence-electron chi connectivity index (χ0n) is 23.7. The molecule has 0 amide bonds. The minimum atomic E-state index is -1.16. The van der Waals surface area contributed by atoms with Gasteiger partial charge in [0.05, 0.1) is 40.7 Å². The van der Waals surface area contributed by atoms with Crippen molar-refractivity contribution < 1.29 is 14.3 Å². The first-order chi connectivity index (χ1) is 19.6. The predicted octanol–water partition coefficient (Wildman–Crippen LogP) is 7.20. The van der Waals surface area contributed by atoms with Crippen molar-refractivity contribution in [1.29, 1.82) is 0 Å². The number of fused-ring (bicyclic) bond motifs is 2. The Morgan fingerprint density at radius 1 is 1.10 bits per heavy atom. The van der Waals surface area contributed by atoms with Gasteiger partial charge in [-0.2, -0.15) is 5.10 Å². The van der Waals surface area contributed by atoms with Crippen molar-refractivity contribution in [3.05, 3.63) is 59.8 Å². The molecule has 9 nitrogen and oxygen atoms in total. The monoisotopic (exact) mass is 588 g/mol. The lowest BCUT2D eigenvalue weighted by Gasteiger charge is -2.16. The van der Waals surface area contributed by atoms with Gasteiger partial charge in [0.15, 0.2) is 0 Å². The molecule has 1 fully saturated rings. The van der Waals surface area contributed by atoms with Crippen LogP contribution in [0.3, 0.4) is 0 Å². The topological polar surface area (TPSA) is 97.0 Å². The quantitative estimate of drug-likeness (QED) is 0.133. The van der Waals surface area contributed by atoms with Crippen LogP contribution in [0.15, 0.2) is 48.9 Å². The lowest BCUT2D eigenvalue weighted by Crippen LogP contribution is -2.22. The molecule has 1 unspecified atom stereocenters. The van der Waals surface area contributed by atoms with Gasteiger partial charge in [-0.05, 0) is 43.7 Å². The van der Waals surface area contributed by atoms with E-state index in [9.17, 15) is 4.79 Å². The number of aromatic nitrogens is 6. The number of benzene rings is 2. The number of carbonyl (C=O) groups is 1. The van der Waals surface area contributed by atoms with E-state index < -0.39 is 8.07 Å². The van der Waals surface area contributed by atoms with E-state index in [1.807, 2.05) is 42.1 Å². The number of Topliss-reactive ketones (excluding diaryl/α,β-unsaturated/α-hetero) is 1. The predicted molar refractivity (Wildman–Crippen MR) is 162 cm³/mol. The SMILES string of the molecule is Cc1nc2ccc(Oc3ccc4ncc(-c5cnn(C6CCC(=O)C6)c5)nc4c3Cl)cc2n1COCC[Si](C)(C)C. The van der Waals surface area contributed by atoms with Gasteiger partial charge >= 0.3 is 0 Å². The van der Waals surface area contributed by atoms with Crippen molar-refractivity contribution in [1.82, 2.24) is 29.3 Å². The molecule has 1 aliphatic rings. The summed E-state index contributed by atoms with van der Waals surface area (Å²) >= 11 is 6.83. The minimum Gasteiger partial charge on any atom is -0.456 e. The van der Waals surface area contributed by atoms with E-state index in [4.69, 9.17) is 26.1 Å². The number of carbonyl (C=O) groups excluding carboxylic acids is 1. The molecule has 2 aromatic carbocycles. The van der Waals surface area contributed by atoms with Crippen molar-refractivity contribution in [2.45, 2.75) is 64.6 Å². The molecule has 5 aromatic rings. The second kappa shape index (κ2) is 11.0. The molecule has 3 heterocycles. The summed E-state index contributed by atoms with van der Waals surface area (Å²) in [5.74, 6) is 2.29. The third kappa shape index (κ3) is 5.90. The molecule has 1 saturated carbocycles. The maximum absolute atomic E-state index is 11.7. The van der Waals surface area contributed by atoms with Gasteiger partial charge in [-0.3, -0.25) is 14.5 Å². The normalized spacial score (nSPS) is 15.8. The van der Waals surface area contributed by atoms with Crippen molar-refractivity contribution in [2.24, 2.45) is 0 Å². The number of hydrogen-bond acceptors (Lipinski definition) is 7. The number of imidazole rings is 1. The van der Waals surface area contributed by atoms with Crippen LogP contribution in [-0.2, 0) is 16.3 Å². The summed E-state index contributed by atoms with van der Waals surface area (Å²) in [4.78, 5) is 25.8. The van der Waals surface area contributed by atoms with Gasteiger partial charge in [0, 0.05) is 45.3 Å². The first-order valence-electron chi connectivity index (χ1n) is 13.9. The molecule has 1 atom stereocenters. The Bertz CT molecular complexity index is 1760. The second-order valence-corrected chi connectivity index (χ2v) is 17.8. The molecule has 3 aromatic heterocycles. The van der Waals surface area contributed by atoms with Crippen molar-refractivity contribution in [2.75, 3.05) is 6.61 Å². The Morgan fingerprint density at radius 2 is 1.93 bits per heavy atom. The Hall–Kier alpha value is -3.60. The summed E-state index contributed by atoms with van der Waals surface area (Å²) in [6.07, 6.45) is 7.33. The lowest BCUT2D eigenvalue weighted by atomic mass is 10.2. The van der Waals surface area contributed by atoms with E-state index in [-0.39, 0.29) is 11.8 Å². The third-order valence-corrected chi connectivity index (χ3v) is 9.53. The van der Waals surface area contributed by atoms with Crippen LogP contribution in [0.25, 0.3) is 33.3 Å². The fraction of sp³-hybridized carbons (Fsp3) is 0.367. The van der Waals surface area contributed by atoms with Crippen LogP contribution in [0.4, 0.5) is 0 Å². The van der Waals surface area contributed by atoms with Crippen LogP contribution in [0.1, 0.15) is 31.1 Å². The summed E-state index contributed by atoms with van der Waals surface area (Å²) in [6.45, 7) is 10.2. The average molecular weight is 589 g/mol. The molecule has 1 aliphatic carbocycles. The average Bonchev–Trinajstić information content (AvgIpc) is 3.66. The zero-order chi connectivity index (χ0) is 28.7. The smallest absolute Gasteiger partial charge is 0.148 e. The molecule has 0 N–H and O–H groups in total. The van der Waals surface area contributed by atoms with Crippen LogP contribution < -0.4 is 4.74 Å². The Morgan fingerprint density at radius 3 is 2.71 bits per heavy atom. The van der Waals surface area contributed by atoms with Crippen molar-refractivity contribution in [3.63, 3.8) is 0 Å². The van der Waals surface area contributed by atoms with Crippen molar-refractivity contribution in [3.8, 4) is 22.8 Å². The number of ether oxygens (including phenoxy) is 2. The molecule has 0 radical (unpaired) electrons. The number of halogens is 1. The highest BCUT2D eigenvalue weighted by atomic mass is 35.5. The molecule has 212 valence electrons. The van der Waals surface area contributed by atoms with Gasteiger partial charge in [-0.25, -0.2) is 9.97 Å². The molecule has 6 rings (SSSR count). The van der Waals surface area contributed by atoms with Gasteiger partial charge in [0.2, 0.25) is 0 Å². The lowest BCUT2D eigenvalue weighted by molar-refractivity contribution is -0.117. The van der Waals surface area contributed by atoms with Crippen LogP contribution in [0, 0.1) is 6.92 Å². The molecular weight excluding hydrogens is 556 g/mol. The van der Waals surface area contributed by atoms with Crippen LogP contribution in [0.5, 0.6) is 11.5 Å². The van der Waals surface area contributed by atoms with Gasteiger partial charge in [0.25, 0.3) is 0 Å². The Balaban J connectivity index is 1.24. The summed E-state index contributed by atoms with van der Waals surface area (Å²) in [7, 11) is -1.16. The van der Waals surface area contributed by atoms with E-state index in [2.05, 4.69) is 39.3 Å². The maximum Gasteiger partial charge on any atom is 0.148 e. The molecule has 41 heavy (non-hydrogen) atoms. The van der Waals surface area contributed by atoms with E-state index in [1.165, 1.54) is 0 Å². The molecule has 0 saturated heterocycles. The standard InChI is InChI=1S/C30H33ClN6O3Si/c1-19-34-24-8-7-23(14-27(24)36(19)18-39-11-12-41(2,3)4)40-28-10-9-25-30(29(28)31)35-26(16-32-25)20-15-33-37(17-20)21-5-6-22(38)13-21/h7-10,14-17,21H,5-6,11-13,18H2,1-4H3. The first kappa shape index (κ1) is 27.6. The molecule has 0 bridgehead atoms. The number of ketones is 1. The van der Waals surface area contributed by atoms with Gasteiger partial charge in [-0.1, -0.05) is 31.2 Å². The van der Waals surface area contributed by atoms with Gasteiger partial charge in [0.1, 0.15) is 40.4 Å². The van der Waals surface area contributed by atoms with Crippen LogP contribution in [0.2, 0.25) is 30.7 Å². The summed E-state index contributed by atoms with van der Waals surface area (Å²) in [5.41, 5.74) is 4.51. The molecular formula is C30H33ClN6O3Si. The first-order valence-corrected chi connectivity index (χ1v) is 18.0. The number of hydrogen-bond donors (Lipinski definition) is 0. The van der Waals surface area contributed by atoms with E-state index >= 15 is 0 Å². The minimum absolute atomic E-state index is 0.0994. The highest BCUT2D eigenvalue weighted by Crippen LogP contribution is 2.36. The van der Waals surface area contributed by atoms with Gasteiger partial charge in [-0.15, -0.1) is 0 Å². The highest BCUT2D eigenvalue weighted by Gasteiger charge is 2.24. The zero-order valence-corrected chi connectivity index (χ0v) is 25.5. The fourth-order valence-corrected chi connectivity index (χ4v) is 6.04.